The van der Waals surface area contributed by atoms with Gasteiger partial charge >= 0.3 is 0 Å². The van der Waals surface area contributed by atoms with Crippen LogP contribution < -0.4 is 5.32 Å². The minimum absolute atomic E-state index is 0.194. The van der Waals surface area contributed by atoms with Gasteiger partial charge in [-0.15, -0.1) is 0 Å². The van der Waals surface area contributed by atoms with E-state index in [1.54, 1.807) is 0 Å². The zero-order chi connectivity index (χ0) is 14.8. The van der Waals surface area contributed by atoms with E-state index in [9.17, 15) is 0 Å². The monoisotopic (exact) mass is 364 g/mol. The molecule has 2 atom stereocenters. The van der Waals surface area contributed by atoms with E-state index in [2.05, 4.69) is 38.4 Å². The minimum Gasteiger partial charge on any atom is -0.312 e. The summed E-state index contributed by atoms with van der Waals surface area (Å²) in [4.78, 5) is 4.65. The van der Waals surface area contributed by atoms with E-state index in [1.807, 2.05) is 31.4 Å². The van der Waals surface area contributed by atoms with Gasteiger partial charge in [0.15, 0.2) is 0 Å². The number of nitrogens with zero attached hydrogens (tertiary/aromatic N) is 1. The topological polar surface area (TPSA) is 24.9 Å². The third-order valence-electron chi connectivity index (χ3n) is 4.25. The molecule has 1 aliphatic carbocycles. The third-order valence-corrected chi connectivity index (χ3v) is 5.07. The summed E-state index contributed by atoms with van der Waals surface area (Å²) in [6.45, 7) is 0. The van der Waals surface area contributed by atoms with Gasteiger partial charge in [-0.3, -0.25) is 4.98 Å². The van der Waals surface area contributed by atoms with E-state index in [1.165, 1.54) is 17.7 Å². The van der Waals surface area contributed by atoms with Crippen molar-refractivity contribution < 1.29 is 0 Å². The first-order valence-corrected chi connectivity index (χ1v) is 8.44. The van der Waals surface area contributed by atoms with Crippen LogP contribution in [-0.2, 0) is 6.42 Å². The Kier molecular flexibility index (Phi) is 4.63. The lowest BCUT2D eigenvalue weighted by molar-refractivity contribution is 0.416. The third kappa shape index (κ3) is 3.01. The number of aryl methyl sites for hydroxylation is 1. The van der Waals surface area contributed by atoms with Crippen molar-refractivity contribution in [3.8, 4) is 0 Å². The van der Waals surface area contributed by atoms with Crippen LogP contribution >= 0.6 is 27.5 Å². The average Bonchev–Trinajstić information content (AvgIpc) is 2.50. The van der Waals surface area contributed by atoms with Crippen molar-refractivity contribution in [1.29, 1.82) is 0 Å². The maximum atomic E-state index is 6.46. The number of fused-ring (bicyclic) bond motifs is 1. The van der Waals surface area contributed by atoms with Crippen LogP contribution in [0.4, 0.5) is 0 Å². The SMILES string of the molecule is CNC(c1ccc(Br)cc1Cl)C1CCCc2cccnc21. The van der Waals surface area contributed by atoms with E-state index in [4.69, 9.17) is 11.6 Å². The fraction of sp³-hybridized carbons (Fsp3) is 0.353. The molecule has 0 spiro atoms. The molecule has 1 aromatic heterocycles. The first kappa shape index (κ1) is 15.0. The van der Waals surface area contributed by atoms with E-state index in [-0.39, 0.29) is 6.04 Å². The quantitative estimate of drug-likeness (QED) is 0.838. The molecule has 1 heterocycles. The summed E-state index contributed by atoms with van der Waals surface area (Å²) < 4.78 is 1.01. The van der Waals surface area contributed by atoms with Gasteiger partial charge in [0, 0.05) is 33.3 Å². The Morgan fingerprint density at radius 1 is 1.38 bits per heavy atom. The van der Waals surface area contributed by atoms with Gasteiger partial charge in [-0.05, 0) is 55.6 Å². The van der Waals surface area contributed by atoms with Crippen molar-refractivity contribution in [1.82, 2.24) is 10.3 Å². The minimum atomic E-state index is 0.194. The van der Waals surface area contributed by atoms with Crippen molar-refractivity contribution in [2.24, 2.45) is 0 Å². The van der Waals surface area contributed by atoms with E-state index in [0.29, 0.717) is 5.92 Å². The molecule has 1 aliphatic rings. The molecule has 0 aliphatic heterocycles. The zero-order valence-electron chi connectivity index (χ0n) is 11.9. The van der Waals surface area contributed by atoms with Crippen molar-refractivity contribution in [3.05, 3.63) is 62.8 Å². The molecule has 0 radical (unpaired) electrons. The number of nitrogens with one attached hydrogen (secondary N) is 1. The molecule has 1 N–H and O–H groups in total. The van der Waals surface area contributed by atoms with Crippen molar-refractivity contribution in [2.45, 2.75) is 31.2 Å². The second-order valence-electron chi connectivity index (χ2n) is 5.48. The molecule has 1 aromatic carbocycles. The van der Waals surface area contributed by atoms with Crippen molar-refractivity contribution in [2.75, 3.05) is 7.05 Å². The lowest BCUT2D eigenvalue weighted by Crippen LogP contribution is -2.27. The summed E-state index contributed by atoms with van der Waals surface area (Å²) in [5.41, 5.74) is 3.75. The van der Waals surface area contributed by atoms with Crippen molar-refractivity contribution in [3.63, 3.8) is 0 Å². The molecule has 2 unspecified atom stereocenters. The molecule has 21 heavy (non-hydrogen) atoms. The van der Waals surface area contributed by atoms with Crippen LogP contribution in [0.3, 0.4) is 0 Å². The van der Waals surface area contributed by atoms with Gasteiger partial charge in [-0.2, -0.15) is 0 Å². The average molecular weight is 366 g/mol. The second kappa shape index (κ2) is 6.47. The van der Waals surface area contributed by atoms with Crippen molar-refractivity contribution >= 4 is 27.5 Å². The summed E-state index contributed by atoms with van der Waals surface area (Å²) in [5, 5.41) is 4.25. The summed E-state index contributed by atoms with van der Waals surface area (Å²) in [5.74, 6) is 0.374. The Balaban J connectivity index is 2.01. The fourth-order valence-corrected chi connectivity index (χ4v) is 4.09. The number of rotatable bonds is 3. The van der Waals surface area contributed by atoms with E-state index >= 15 is 0 Å². The van der Waals surface area contributed by atoms with Gasteiger partial charge in [0.1, 0.15) is 0 Å². The molecule has 3 rings (SSSR count). The zero-order valence-corrected chi connectivity index (χ0v) is 14.3. The summed E-state index contributed by atoms with van der Waals surface area (Å²) >= 11 is 9.93. The number of halogens is 2. The molecule has 0 bridgehead atoms. The highest BCUT2D eigenvalue weighted by Gasteiger charge is 2.30. The van der Waals surface area contributed by atoms with Crippen LogP contribution in [0.1, 0.15) is 41.6 Å². The number of benzene rings is 1. The Hall–Kier alpha value is -0.900. The molecule has 0 fully saturated rings. The Labute approximate surface area is 139 Å². The smallest absolute Gasteiger partial charge is 0.0485 e. The Bertz CT molecular complexity index is 644. The lowest BCUT2D eigenvalue weighted by atomic mass is 9.79. The maximum Gasteiger partial charge on any atom is 0.0485 e. The summed E-state index contributed by atoms with van der Waals surface area (Å²) in [6, 6.07) is 10.5. The van der Waals surface area contributed by atoms with Crippen LogP contribution in [0.25, 0.3) is 0 Å². The van der Waals surface area contributed by atoms with Crippen LogP contribution in [0, 0.1) is 0 Å². The first-order chi connectivity index (χ1) is 10.2. The summed E-state index contributed by atoms with van der Waals surface area (Å²) in [6.07, 6.45) is 5.37. The lowest BCUT2D eigenvalue weighted by Gasteiger charge is -2.32. The van der Waals surface area contributed by atoms with Crippen LogP contribution in [0.15, 0.2) is 41.0 Å². The molecule has 2 nitrogen and oxygen atoms in total. The number of likely N-dealkylation sites (N-methyl/N-ethyl adjacent to an activating group) is 1. The fourth-order valence-electron chi connectivity index (χ4n) is 3.30. The van der Waals surface area contributed by atoms with Gasteiger partial charge in [0.25, 0.3) is 0 Å². The maximum absolute atomic E-state index is 6.46. The standard InChI is InChI=1S/C17H18BrClN2/c1-20-17(13-8-7-12(18)10-15(13)19)14-6-2-4-11-5-3-9-21-16(11)14/h3,5,7-10,14,17,20H,2,4,6H2,1H3. The second-order valence-corrected chi connectivity index (χ2v) is 6.80. The Morgan fingerprint density at radius 2 is 2.24 bits per heavy atom. The molecule has 0 amide bonds. The molecule has 2 aromatic rings. The van der Waals surface area contributed by atoms with Crippen LogP contribution in [-0.4, -0.2) is 12.0 Å². The highest BCUT2D eigenvalue weighted by atomic mass is 79.9. The van der Waals surface area contributed by atoms with E-state index in [0.717, 1.165) is 27.9 Å². The molecular formula is C17H18BrClN2. The summed E-state index contributed by atoms with van der Waals surface area (Å²) in [7, 11) is 2.00. The molecule has 4 heteroatoms. The van der Waals surface area contributed by atoms with Gasteiger partial charge in [-0.1, -0.05) is 39.7 Å². The predicted octanol–water partition coefficient (Wildman–Crippen LogP) is 4.88. The largest absolute Gasteiger partial charge is 0.312 e. The normalized spacial score (nSPS) is 19.1. The number of hydrogen-bond acceptors (Lipinski definition) is 2. The Morgan fingerprint density at radius 3 is 3.00 bits per heavy atom. The van der Waals surface area contributed by atoms with Gasteiger partial charge in [0.2, 0.25) is 0 Å². The van der Waals surface area contributed by atoms with Crippen LogP contribution in [0.5, 0.6) is 0 Å². The van der Waals surface area contributed by atoms with Gasteiger partial charge in [-0.25, -0.2) is 0 Å². The number of pyridine rings is 1. The first-order valence-electron chi connectivity index (χ1n) is 7.26. The molecule has 110 valence electrons. The highest BCUT2D eigenvalue weighted by Crippen LogP contribution is 2.41. The number of hydrogen-bond donors (Lipinski definition) is 1. The van der Waals surface area contributed by atoms with E-state index < -0.39 is 0 Å². The predicted molar refractivity (Wildman–Crippen MR) is 90.9 cm³/mol. The molecule has 0 saturated carbocycles. The van der Waals surface area contributed by atoms with Gasteiger partial charge < -0.3 is 5.32 Å². The van der Waals surface area contributed by atoms with Gasteiger partial charge in [0.05, 0.1) is 0 Å². The molecule has 0 saturated heterocycles. The molecular weight excluding hydrogens is 348 g/mol. The highest BCUT2D eigenvalue weighted by molar-refractivity contribution is 9.10. The number of aromatic nitrogens is 1. The van der Waals surface area contributed by atoms with Crippen LogP contribution in [0.2, 0.25) is 5.02 Å².